The Hall–Kier alpha value is -3.58. The Morgan fingerprint density at radius 3 is 2.37 bits per heavy atom. The number of nitrogens with one attached hydrogen (secondary N) is 1. The molecule has 2 heterocycles. The summed E-state index contributed by atoms with van der Waals surface area (Å²) in [6.45, 7) is 10.7. The molecule has 7 heteroatoms. The molecule has 43 heavy (non-hydrogen) atoms. The van der Waals surface area contributed by atoms with Crippen LogP contribution in [0.4, 0.5) is 10.1 Å². The molecule has 2 aliphatic heterocycles. The number of carbonyl (C=O) groups excluding carboxylic acids is 1. The number of aldehydes is 1. The molecule has 1 saturated heterocycles. The number of benzene rings is 3. The maximum absolute atomic E-state index is 13.1. The van der Waals surface area contributed by atoms with E-state index in [2.05, 4.69) is 54.4 Å². The van der Waals surface area contributed by atoms with Crippen LogP contribution in [0.5, 0.6) is 17.2 Å². The van der Waals surface area contributed by atoms with Crippen molar-refractivity contribution in [3.8, 4) is 17.2 Å². The first-order chi connectivity index (χ1) is 20.9. The van der Waals surface area contributed by atoms with Gasteiger partial charge >= 0.3 is 0 Å². The van der Waals surface area contributed by atoms with Gasteiger partial charge in [-0.3, -0.25) is 4.90 Å². The lowest BCUT2D eigenvalue weighted by molar-refractivity contribution is -0.109. The predicted molar refractivity (Wildman–Crippen MR) is 171 cm³/mol. The molecule has 0 saturated carbocycles. The zero-order valence-corrected chi connectivity index (χ0v) is 26.4. The molecule has 0 spiro atoms. The minimum Gasteiger partial charge on any atom is -0.494 e. The number of anilines is 1. The third-order valence-corrected chi connectivity index (χ3v) is 8.54. The second-order valence-electron chi connectivity index (χ2n) is 11.3. The molecule has 2 aliphatic rings. The number of nitrogens with zero attached hydrogens (tertiary/aromatic N) is 1. The first kappa shape index (κ1) is 32.3. The Morgan fingerprint density at radius 2 is 1.74 bits per heavy atom. The summed E-state index contributed by atoms with van der Waals surface area (Å²) in [4.78, 5) is 13.6. The molecular weight excluding hydrogens is 543 g/mol. The summed E-state index contributed by atoms with van der Waals surface area (Å²) in [5.74, 6) is 2.83. The van der Waals surface area contributed by atoms with E-state index >= 15 is 0 Å². The normalized spacial score (nSPS) is 17.3. The fraction of sp³-hybridized carbons (Fsp3) is 0.472. The number of carbonyl (C=O) groups is 1. The van der Waals surface area contributed by atoms with Crippen LogP contribution in [-0.4, -0.2) is 44.7 Å². The standard InChI is InChI=1S/C25H31NO4.C11H16FN/c1-3-4-5-14-28-21-8-6-19(7-9-21)23-15-20(16-26(23)12-13-27)22-10-11-24-25(18(22)2)30-17-29-24;1-4-8-6-10(12)7-9(5-2)11(8)13-3/h6-11,13,20,23H,3-5,12,14-17H2,1-2H3;6-7,13H,4-5H2,1-3H3/t20?,23-;/m1./s1. The molecule has 0 aliphatic carbocycles. The zero-order chi connectivity index (χ0) is 30.8. The van der Waals surface area contributed by atoms with Gasteiger partial charge in [0.1, 0.15) is 17.9 Å². The molecule has 3 aromatic carbocycles. The van der Waals surface area contributed by atoms with Crippen molar-refractivity contribution >= 4 is 12.0 Å². The van der Waals surface area contributed by atoms with Crippen LogP contribution in [0.3, 0.4) is 0 Å². The average molecular weight is 591 g/mol. The number of aryl methyl sites for hydroxylation is 2. The summed E-state index contributed by atoms with van der Waals surface area (Å²) in [5.41, 5.74) is 6.87. The molecule has 0 radical (unpaired) electrons. The van der Waals surface area contributed by atoms with Gasteiger partial charge in [0, 0.05) is 25.3 Å². The monoisotopic (exact) mass is 590 g/mol. The van der Waals surface area contributed by atoms with Crippen LogP contribution in [-0.2, 0) is 17.6 Å². The molecule has 5 rings (SSSR count). The van der Waals surface area contributed by atoms with E-state index < -0.39 is 0 Å². The Labute approximate surface area is 256 Å². The Kier molecular flexibility index (Phi) is 11.9. The molecule has 0 amide bonds. The van der Waals surface area contributed by atoms with Gasteiger partial charge in [0.15, 0.2) is 11.5 Å². The van der Waals surface area contributed by atoms with E-state index in [1.165, 1.54) is 24.0 Å². The number of unbranched alkanes of at least 4 members (excludes halogenated alkanes) is 2. The van der Waals surface area contributed by atoms with Gasteiger partial charge in [-0.25, -0.2) is 4.39 Å². The summed E-state index contributed by atoms with van der Waals surface area (Å²) >= 11 is 0. The average Bonchev–Trinajstić information content (AvgIpc) is 3.68. The lowest BCUT2D eigenvalue weighted by atomic mass is 9.90. The summed E-state index contributed by atoms with van der Waals surface area (Å²) in [7, 11) is 1.88. The van der Waals surface area contributed by atoms with Crippen molar-refractivity contribution in [3.05, 3.63) is 82.2 Å². The van der Waals surface area contributed by atoms with Crippen LogP contribution in [0, 0.1) is 12.7 Å². The van der Waals surface area contributed by atoms with E-state index in [1.807, 2.05) is 27.0 Å². The number of hydrogen-bond donors (Lipinski definition) is 1. The molecule has 0 aromatic heterocycles. The van der Waals surface area contributed by atoms with Gasteiger partial charge < -0.3 is 24.3 Å². The van der Waals surface area contributed by atoms with Crippen molar-refractivity contribution in [3.63, 3.8) is 0 Å². The fourth-order valence-corrected chi connectivity index (χ4v) is 6.27. The summed E-state index contributed by atoms with van der Waals surface area (Å²) in [6.07, 6.45) is 7.19. The lowest BCUT2D eigenvalue weighted by Crippen LogP contribution is -2.25. The second-order valence-corrected chi connectivity index (χ2v) is 11.3. The number of fused-ring (bicyclic) bond motifs is 1. The van der Waals surface area contributed by atoms with Gasteiger partial charge in [0.25, 0.3) is 0 Å². The maximum Gasteiger partial charge on any atom is 0.231 e. The Morgan fingerprint density at radius 1 is 1.02 bits per heavy atom. The number of hydrogen-bond acceptors (Lipinski definition) is 6. The lowest BCUT2D eigenvalue weighted by Gasteiger charge is -2.22. The minimum absolute atomic E-state index is 0.132. The topological polar surface area (TPSA) is 60.0 Å². The van der Waals surface area contributed by atoms with Crippen LogP contribution in [0.2, 0.25) is 0 Å². The first-order valence-electron chi connectivity index (χ1n) is 15.7. The Balaban J connectivity index is 0.000000273. The van der Waals surface area contributed by atoms with Crippen LogP contribution in [0.25, 0.3) is 0 Å². The predicted octanol–water partition coefficient (Wildman–Crippen LogP) is 8.01. The van der Waals surface area contributed by atoms with Crippen molar-refractivity contribution in [2.45, 2.75) is 78.2 Å². The summed E-state index contributed by atoms with van der Waals surface area (Å²) in [6, 6.07) is 16.0. The van der Waals surface area contributed by atoms with Crippen molar-refractivity contribution in [2.24, 2.45) is 0 Å². The molecule has 232 valence electrons. The van der Waals surface area contributed by atoms with Gasteiger partial charge in [0.05, 0.1) is 13.2 Å². The van der Waals surface area contributed by atoms with Gasteiger partial charge in [-0.2, -0.15) is 0 Å². The molecule has 1 fully saturated rings. The Bertz CT molecular complexity index is 1320. The van der Waals surface area contributed by atoms with E-state index in [0.717, 1.165) is 84.7 Å². The first-order valence-corrected chi connectivity index (χ1v) is 15.7. The molecule has 6 nitrogen and oxygen atoms in total. The fourth-order valence-electron chi connectivity index (χ4n) is 6.27. The van der Waals surface area contributed by atoms with Crippen molar-refractivity contribution < 1.29 is 23.4 Å². The number of likely N-dealkylation sites (tertiary alicyclic amines) is 1. The molecule has 1 N–H and O–H groups in total. The highest BCUT2D eigenvalue weighted by Crippen LogP contribution is 2.45. The molecule has 2 atom stereocenters. The second kappa shape index (κ2) is 15.8. The van der Waals surface area contributed by atoms with Crippen LogP contribution in [0.15, 0.2) is 48.5 Å². The largest absolute Gasteiger partial charge is 0.494 e. The van der Waals surface area contributed by atoms with Crippen molar-refractivity contribution in [1.29, 1.82) is 0 Å². The number of ether oxygens (including phenoxy) is 3. The quantitative estimate of drug-likeness (QED) is 0.170. The van der Waals surface area contributed by atoms with Gasteiger partial charge in [-0.1, -0.05) is 51.8 Å². The van der Waals surface area contributed by atoms with E-state index in [4.69, 9.17) is 14.2 Å². The number of rotatable bonds is 12. The summed E-state index contributed by atoms with van der Waals surface area (Å²) in [5, 5.41) is 3.13. The van der Waals surface area contributed by atoms with Crippen molar-refractivity contribution in [2.75, 3.05) is 38.9 Å². The maximum atomic E-state index is 13.1. The highest BCUT2D eigenvalue weighted by atomic mass is 19.1. The van der Waals surface area contributed by atoms with Gasteiger partial charge in [-0.05, 0) is 96.7 Å². The van der Waals surface area contributed by atoms with Gasteiger partial charge in [-0.15, -0.1) is 0 Å². The van der Waals surface area contributed by atoms with E-state index in [1.54, 1.807) is 12.1 Å². The molecular formula is C36H47FN2O4. The van der Waals surface area contributed by atoms with E-state index in [9.17, 15) is 9.18 Å². The smallest absolute Gasteiger partial charge is 0.231 e. The van der Waals surface area contributed by atoms with Gasteiger partial charge in [0.2, 0.25) is 6.79 Å². The molecule has 0 bridgehead atoms. The highest BCUT2D eigenvalue weighted by molar-refractivity contribution is 5.58. The highest BCUT2D eigenvalue weighted by Gasteiger charge is 2.35. The zero-order valence-electron chi connectivity index (χ0n) is 26.4. The van der Waals surface area contributed by atoms with E-state index in [0.29, 0.717) is 12.5 Å². The minimum atomic E-state index is -0.132. The summed E-state index contributed by atoms with van der Waals surface area (Å²) < 4.78 is 30.1. The number of halogens is 1. The van der Waals surface area contributed by atoms with Crippen LogP contribution in [0.1, 0.15) is 86.2 Å². The third-order valence-electron chi connectivity index (χ3n) is 8.54. The molecule has 1 unspecified atom stereocenters. The third kappa shape index (κ3) is 7.88. The van der Waals surface area contributed by atoms with Crippen LogP contribution >= 0.6 is 0 Å². The van der Waals surface area contributed by atoms with Crippen LogP contribution < -0.4 is 19.5 Å². The molecule has 3 aromatic rings. The SMILES string of the molecule is CCCCCOc1ccc([C@H]2CC(c3ccc4c(c3C)OCO4)CN2CC=O)cc1.CCc1cc(F)cc(CC)c1NC. The van der Waals surface area contributed by atoms with Crippen molar-refractivity contribution in [1.82, 2.24) is 4.90 Å². The van der Waals surface area contributed by atoms with E-state index in [-0.39, 0.29) is 18.7 Å².